The van der Waals surface area contributed by atoms with Crippen molar-refractivity contribution in [2.45, 2.75) is 24.8 Å². The van der Waals surface area contributed by atoms with Crippen LogP contribution in [0.1, 0.15) is 13.8 Å². The zero-order valence-electron chi connectivity index (χ0n) is 10.2. The number of allylic oxidation sites excluding steroid dienone is 3. The summed E-state index contributed by atoms with van der Waals surface area (Å²) in [5, 5.41) is 7.92. The lowest BCUT2D eigenvalue weighted by molar-refractivity contribution is -0.129. The number of hydrogen-bond donors (Lipinski definition) is 1. The average molecular weight is 292 g/mol. The largest absolute Gasteiger partial charge is 0.504 e. The molecule has 0 bridgehead atoms. The Hall–Kier alpha value is -1.50. The molecule has 1 N–H and O–H groups in total. The van der Waals surface area contributed by atoms with Crippen LogP contribution in [-0.4, -0.2) is 26.9 Å². The fourth-order valence-corrected chi connectivity index (χ4v) is 2.68. The summed E-state index contributed by atoms with van der Waals surface area (Å²) in [6.07, 6.45) is -2.36. The summed E-state index contributed by atoms with van der Waals surface area (Å²) < 4.78 is 35.7. The first-order valence-corrected chi connectivity index (χ1v) is 5.95. The Balaban J connectivity index is 3.36. The number of aliphatic hydroxyl groups excluding tert-OH is 1. The molecule has 7 heteroatoms. The van der Waals surface area contributed by atoms with E-state index in [0.717, 1.165) is 0 Å². The molecule has 1 fully saturated rings. The number of hydrogen-bond acceptors (Lipinski definition) is 4. The van der Waals surface area contributed by atoms with E-state index in [1.54, 1.807) is 6.92 Å². The number of alkyl halides is 3. The highest BCUT2D eigenvalue weighted by molar-refractivity contribution is 8.17. The fraction of sp³-hybridized carbons (Fsp3) is 0.333. The van der Waals surface area contributed by atoms with Gasteiger partial charge in [0.15, 0.2) is 5.78 Å². The van der Waals surface area contributed by atoms with Gasteiger partial charge in [0.1, 0.15) is 10.3 Å². The third kappa shape index (κ3) is 2.91. The molecule has 0 saturated carbocycles. The highest BCUT2D eigenvalue weighted by atomic mass is 32.2. The molecule has 1 unspecified atom stereocenters. The number of carbonyl (C=O) groups excluding carboxylic acids is 2. The van der Waals surface area contributed by atoms with E-state index in [1.807, 2.05) is 0 Å². The number of thioether (sulfide) groups is 1. The fourth-order valence-electron chi connectivity index (χ4n) is 1.57. The van der Waals surface area contributed by atoms with Crippen LogP contribution in [0.5, 0.6) is 0 Å². The number of ketones is 1. The van der Waals surface area contributed by atoms with Crippen LogP contribution in [0, 0.1) is 0 Å². The topological polar surface area (TPSA) is 54.4 Å². The predicted octanol–water partition coefficient (Wildman–Crippen LogP) is 3.09. The summed E-state index contributed by atoms with van der Waals surface area (Å²) in [6, 6.07) is 0. The van der Waals surface area contributed by atoms with Crippen molar-refractivity contribution >= 4 is 22.7 Å². The molecule has 1 aliphatic rings. The van der Waals surface area contributed by atoms with Gasteiger partial charge in [-0.15, -0.1) is 0 Å². The predicted molar refractivity (Wildman–Crippen MR) is 65.7 cm³/mol. The molecule has 0 radical (unpaired) electrons. The first kappa shape index (κ1) is 15.6. The standard InChI is InChI=1S/C12H11F3O3S/c1-4-6(2)5-11(3)8(16)7(10(18)19-11)9(17)12(13,14)15/h4-5,17H,1H2,2-3H3/b6-5+,9-7?. The zero-order chi connectivity index (χ0) is 15.0. The van der Waals surface area contributed by atoms with E-state index in [-0.39, 0.29) is 0 Å². The smallest absolute Gasteiger partial charge is 0.449 e. The van der Waals surface area contributed by atoms with Gasteiger partial charge >= 0.3 is 6.18 Å². The molecule has 0 amide bonds. The van der Waals surface area contributed by atoms with Crippen LogP contribution in [0.25, 0.3) is 0 Å². The number of aliphatic hydroxyl groups is 1. The van der Waals surface area contributed by atoms with Gasteiger partial charge in [-0.2, -0.15) is 13.2 Å². The highest BCUT2D eigenvalue weighted by Crippen LogP contribution is 2.44. The molecular formula is C12H11F3O3S. The SMILES string of the molecule is C=C/C(C)=C/C1(C)SC(=O)C(=C(O)C(F)(F)F)C1=O. The van der Waals surface area contributed by atoms with E-state index in [9.17, 15) is 22.8 Å². The molecule has 1 atom stereocenters. The van der Waals surface area contributed by atoms with Crippen LogP contribution >= 0.6 is 11.8 Å². The third-order valence-corrected chi connectivity index (χ3v) is 3.63. The van der Waals surface area contributed by atoms with Crippen LogP contribution in [0.15, 0.2) is 35.6 Å². The number of halogens is 3. The van der Waals surface area contributed by atoms with Gasteiger partial charge in [-0.25, -0.2) is 0 Å². The van der Waals surface area contributed by atoms with Gasteiger partial charge in [-0.05, 0) is 13.8 Å². The molecule has 3 nitrogen and oxygen atoms in total. The molecule has 19 heavy (non-hydrogen) atoms. The van der Waals surface area contributed by atoms with E-state index in [2.05, 4.69) is 6.58 Å². The molecule has 1 rings (SSSR count). The maximum absolute atomic E-state index is 12.4. The summed E-state index contributed by atoms with van der Waals surface area (Å²) in [6.45, 7) is 6.38. The van der Waals surface area contributed by atoms with Crippen molar-refractivity contribution < 1.29 is 27.9 Å². The van der Waals surface area contributed by atoms with Crippen LogP contribution in [0.3, 0.4) is 0 Å². The van der Waals surface area contributed by atoms with Crippen LogP contribution in [0.2, 0.25) is 0 Å². The average Bonchev–Trinajstić information content (AvgIpc) is 2.47. The molecule has 0 aromatic rings. The maximum atomic E-state index is 12.4. The van der Waals surface area contributed by atoms with Crippen LogP contribution in [-0.2, 0) is 9.59 Å². The quantitative estimate of drug-likeness (QED) is 0.368. The second-order valence-corrected chi connectivity index (χ2v) is 5.56. The normalized spacial score (nSPS) is 27.7. The lowest BCUT2D eigenvalue weighted by atomic mass is 9.96. The summed E-state index contributed by atoms with van der Waals surface area (Å²) in [5.41, 5.74) is -0.656. The Kier molecular flexibility index (Phi) is 4.00. The van der Waals surface area contributed by atoms with Crippen LogP contribution < -0.4 is 0 Å². The second kappa shape index (κ2) is 4.88. The van der Waals surface area contributed by atoms with E-state index in [1.165, 1.54) is 19.1 Å². The Morgan fingerprint density at radius 2 is 1.95 bits per heavy atom. The molecule has 0 spiro atoms. The van der Waals surface area contributed by atoms with Crippen molar-refractivity contribution in [3.63, 3.8) is 0 Å². The van der Waals surface area contributed by atoms with Gasteiger partial charge in [0.2, 0.25) is 10.9 Å². The molecule has 1 aliphatic heterocycles. The van der Waals surface area contributed by atoms with Gasteiger partial charge in [-0.1, -0.05) is 36.1 Å². The highest BCUT2D eigenvalue weighted by Gasteiger charge is 2.52. The monoisotopic (exact) mass is 292 g/mol. The number of carbonyl (C=O) groups is 2. The minimum Gasteiger partial charge on any atom is -0.504 e. The van der Waals surface area contributed by atoms with Crippen molar-refractivity contribution in [3.8, 4) is 0 Å². The molecule has 1 saturated heterocycles. The Morgan fingerprint density at radius 3 is 2.37 bits per heavy atom. The Bertz CT molecular complexity index is 517. The van der Waals surface area contributed by atoms with Crippen molar-refractivity contribution in [2.24, 2.45) is 0 Å². The lowest BCUT2D eigenvalue weighted by Crippen LogP contribution is -2.27. The molecule has 0 aromatic heterocycles. The van der Waals surface area contributed by atoms with Crippen LogP contribution in [0.4, 0.5) is 13.2 Å². The second-order valence-electron chi connectivity index (χ2n) is 4.14. The minimum atomic E-state index is -5.12. The minimum absolute atomic E-state index is 0.442. The first-order chi connectivity index (χ1) is 8.53. The lowest BCUT2D eigenvalue weighted by Gasteiger charge is -2.15. The first-order valence-electron chi connectivity index (χ1n) is 5.13. The van der Waals surface area contributed by atoms with Gasteiger partial charge < -0.3 is 5.11 Å². The van der Waals surface area contributed by atoms with Crippen molar-refractivity contribution in [1.82, 2.24) is 0 Å². The molecule has 1 heterocycles. The van der Waals surface area contributed by atoms with Gasteiger partial charge in [-0.3, -0.25) is 9.59 Å². The number of Topliss-reactive ketones (excluding diaryl/α,β-unsaturated/α-hetero) is 1. The van der Waals surface area contributed by atoms with E-state index >= 15 is 0 Å². The zero-order valence-corrected chi connectivity index (χ0v) is 11.0. The molecule has 0 aliphatic carbocycles. The van der Waals surface area contributed by atoms with E-state index in [4.69, 9.17) is 5.11 Å². The van der Waals surface area contributed by atoms with Gasteiger partial charge in [0.25, 0.3) is 0 Å². The van der Waals surface area contributed by atoms with Crippen molar-refractivity contribution in [2.75, 3.05) is 0 Å². The van der Waals surface area contributed by atoms with Crippen molar-refractivity contribution in [3.05, 3.63) is 35.6 Å². The van der Waals surface area contributed by atoms with Gasteiger partial charge in [0.05, 0.1) is 0 Å². The van der Waals surface area contributed by atoms with Crippen molar-refractivity contribution in [1.29, 1.82) is 0 Å². The van der Waals surface area contributed by atoms with E-state index < -0.39 is 33.2 Å². The summed E-state index contributed by atoms with van der Waals surface area (Å²) in [5.74, 6) is -3.19. The van der Waals surface area contributed by atoms with Gasteiger partial charge in [0, 0.05) is 0 Å². The summed E-state index contributed by atoms with van der Waals surface area (Å²) in [4.78, 5) is 23.5. The number of rotatable bonds is 2. The summed E-state index contributed by atoms with van der Waals surface area (Å²) in [7, 11) is 0. The molecule has 0 aromatic carbocycles. The molecular weight excluding hydrogens is 281 g/mol. The maximum Gasteiger partial charge on any atom is 0.449 e. The molecule has 104 valence electrons. The summed E-state index contributed by atoms with van der Waals surface area (Å²) >= 11 is 0.442. The Labute approximate surface area is 111 Å². The third-order valence-electron chi connectivity index (χ3n) is 2.52. The van der Waals surface area contributed by atoms with E-state index in [0.29, 0.717) is 17.3 Å². The Morgan fingerprint density at radius 1 is 1.42 bits per heavy atom.